The van der Waals surface area contributed by atoms with Crippen molar-refractivity contribution in [2.75, 3.05) is 39.9 Å². The SMILES string of the molecule is CN=C(NCCc1ccc(OCc2ccccc2)cc1)N1CCOC(C2CCCO2)C1.I. The number of ether oxygens (including phenoxy) is 3. The highest BCUT2D eigenvalue weighted by Gasteiger charge is 2.32. The maximum Gasteiger partial charge on any atom is 0.193 e. The minimum absolute atomic E-state index is 0. The lowest BCUT2D eigenvalue weighted by Gasteiger charge is -2.37. The van der Waals surface area contributed by atoms with Crippen LogP contribution in [0.15, 0.2) is 59.6 Å². The van der Waals surface area contributed by atoms with Crippen molar-refractivity contribution >= 4 is 29.9 Å². The molecular weight excluding hydrogens is 517 g/mol. The molecule has 0 saturated carbocycles. The zero-order valence-electron chi connectivity index (χ0n) is 18.7. The Morgan fingerprint density at radius 2 is 1.81 bits per heavy atom. The molecule has 2 saturated heterocycles. The number of morpholine rings is 1. The van der Waals surface area contributed by atoms with Crippen molar-refractivity contribution in [2.24, 2.45) is 4.99 Å². The van der Waals surface area contributed by atoms with Gasteiger partial charge >= 0.3 is 0 Å². The van der Waals surface area contributed by atoms with E-state index in [1.807, 2.05) is 37.4 Å². The first-order valence-corrected chi connectivity index (χ1v) is 11.3. The number of hydrogen-bond donors (Lipinski definition) is 1. The van der Waals surface area contributed by atoms with E-state index in [9.17, 15) is 0 Å². The van der Waals surface area contributed by atoms with Gasteiger partial charge in [0.1, 0.15) is 18.5 Å². The van der Waals surface area contributed by atoms with Crippen molar-refractivity contribution in [3.05, 3.63) is 65.7 Å². The van der Waals surface area contributed by atoms with Gasteiger partial charge in [0, 0.05) is 33.3 Å². The summed E-state index contributed by atoms with van der Waals surface area (Å²) in [6.45, 7) is 4.68. The van der Waals surface area contributed by atoms with Crippen molar-refractivity contribution < 1.29 is 14.2 Å². The van der Waals surface area contributed by atoms with Crippen molar-refractivity contribution in [1.29, 1.82) is 0 Å². The minimum atomic E-state index is 0. The second-order valence-corrected chi connectivity index (χ2v) is 8.05. The molecule has 0 amide bonds. The molecule has 2 unspecified atom stereocenters. The van der Waals surface area contributed by atoms with Crippen molar-refractivity contribution in [3.63, 3.8) is 0 Å². The standard InChI is InChI=1S/C25H33N3O3.HI/c1-26-25(28-15-17-30-24(18-28)23-8-5-16-29-23)27-14-13-20-9-11-22(12-10-20)31-19-21-6-3-2-4-7-21;/h2-4,6-7,9-12,23-24H,5,8,13-19H2,1H3,(H,26,27);1H. The molecule has 4 rings (SSSR count). The van der Waals surface area contributed by atoms with Crippen molar-refractivity contribution in [3.8, 4) is 5.75 Å². The quantitative estimate of drug-likeness (QED) is 0.322. The van der Waals surface area contributed by atoms with Gasteiger partial charge < -0.3 is 24.4 Å². The maximum absolute atomic E-state index is 5.96. The van der Waals surface area contributed by atoms with Gasteiger partial charge in [-0.25, -0.2) is 0 Å². The number of halogens is 1. The largest absolute Gasteiger partial charge is 0.489 e. The summed E-state index contributed by atoms with van der Waals surface area (Å²) in [6.07, 6.45) is 3.52. The highest BCUT2D eigenvalue weighted by atomic mass is 127. The lowest BCUT2D eigenvalue weighted by Crippen LogP contribution is -2.53. The Morgan fingerprint density at radius 1 is 1.03 bits per heavy atom. The summed E-state index contributed by atoms with van der Waals surface area (Å²) in [7, 11) is 1.84. The predicted molar refractivity (Wildman–Crippen MR) is 138 cm³/mol. The molecule has 0 radical (unpaired) electrons. The molecule has 7 heteroatoms. The molecule has 174 valence electrons. The van der Waals surface area contributed by atoms with Crippen LogP contribution in [0, 0.1) is 0 Å². The minimum Gasteiger partial charge on any atom is -0.489 e. The molecule has 0 spiro atoms. The van der Waals surface area contributed by atoms with Crippen LogP contribution in [0.3, 0.4) is 0 Å². The average molecular weight is 551 g/mol. The molecule has 2 atom stereocenters. The van der Waals surface area contributed by atoms with E-state index in [0.717, 1.165) is 63.8 Å². The number of nitrogens with one attached hydrogen (secondary N) is 1. The van der Waals surface area contributed by atoms with Crippen molar-refractivity contribution in [2.45, 2.75) is 38.1 Å². The number of aliphatic imine (C=N–C) groups is 1. The summed E-state index contributed by atoms with van der Waals surface area (Å²) >= 11 is 0. The summed E-state index contributed by atoms with van der Waals surface area (Å²) in [5, 5.41) is 3.51. The Hall–Kier alpha value is -1.84. The number of nitrogens with zero attached hydrogens (tertiary/aromatic N) is 2. The summed E-state index contributed by atoms with van der Waals surface area (Å²) < 4.78 is 17.7. The number of guanidine groups is 1. The van der Waals surface area contributed by atoms with E-state index in [0.29, 0.717) is 6.61 Å². The molecule has 2 aromatic carbocycles. The molecule has 1 N–H and O–H groups in total. The maximum atomic E-state index is 5.96. The normalized spacial score (nSPS) is 21.2. The smallest absolute Gasteiger partial charge is 0.193 e. The van der Waals surface area contributed by atoms with Gasteiger partial charge in [-0.3, -0.25) is 4.99 Å². The molecule has 0 aliphatic carbocycles. The molecule has 6 nitrogen and oxygen atoms in total. The van der Waals surface area contributed by atoms with E-state index < -0.39 is 0 Å². The van der Waals surface area contributed by atoms with Gasteiger partial charge in [-0.15, -0.1) is 24.0 Å². The highest BCUT2D eigenvalue weighted by molar-refractivity contribution is 14.0. The zero-order chi connectivity index (χ0) is 21.3. The first kappa shape index (κ1) is 24.8. The Morgan fingerprint density at radius 3 is 2.53 bits per heavy atom. The van der Waals surface area contributed by atoms with Crippen LogP contribution in [0.1, 0.15) is 24.0 Å². The third-order valence-electron chi connectivity index (χ3n) is 5.85. The monoisotopic (exact) mass is 551 g/mol. The molecule has 2 fully saturated rings. The van der Waals surface area contributed by atoms with Crippen LogP contribution in [0.4, 0.5) is 0 Å². The summed E-state index contributed by atoms with van der Waals surface area (Å²) in [5.41, 5.74) is 2.45. The molecule has 2 heterocycles. The number of rotatable bonds is 7. The molecular formula is C25H34IN3O3. The fraction of sp³-hybridized carbons (Fsp3) is 0.480. The van der Waals surface area contributed by atoms with Crippen LogP contribution >= 0.6 is 24.0 Å². The number of hydrogen-bond acceptors (Lipinski definition) is 4. The van der Waals surface area contributed by atoms with Crippen LogP contribution in [0.5, 0.6) is 5.75 Å². The van der Waals surface area contributed by atoms with Gasteiger partial charge in [-0.1, -0.05) is 42.5 Å². The molecule has 0 bridgehead atoms. The Labute approximate surface area is 208 Å². The molecule has 2 aliphatic heterocycles. The van der Waals surface area contributed by atoms with Gasteiger partial charge in [0.05, 0.1) is 12.7 Å². The zero-order valence-corrected chi connectivity index (χ0v) is 21.1. The van der Waals surface area contributed by atoms with Crippen LogP contribution in [-0.4, -0.2) is 63.0 Å². The van der Waals surface area contributed by atoms with E-state index in [1.54, 1.807) is 0 Å². The fourth-order valence-corrected chi connectivity index (χ4v) is 4.13. The van der Waals surface area contributed by atoms with E-state index >= 15 is 0 Å². The van der Waals surface area contributed by atoms with Gasteiger partial charge in [0.15, 0.2) is 5.96 Å². The molecule has 2 aliphatic rings. The van der Waals surface area contributed by atoms with E-state index in [1.165, 1.54) is 11.1 Å². The Bertz CT molecular complexity index is 826. The molecule has 2 aromatic rings. The first-order chi connectivity index (χ1) is 15.3. The van der Waals surface area contributed by atoms with Gasteiger partial charge in [0.25, 0.3) is 0 Å². The fourth-order valence-electron chi connectivity index (χ4n) is 4.13. The Balaban J connectivity index is 0.00000289. The van der Waals surface area contributed by atoms with E-state index in [4.69, 9.17) is 14.2 Å². The van der Waals surface area contributed by atoms with Crippen LogP contribution in [0.2, 0.25) is 0 Å². The second kappa shape index (κ2) is 13.0. The van der Waals surface area contributed by atoms with Crippen LogP contribution in [0.25, 0.3) is 0 Å². The summed E-state index contributed by atoms with van der Waals surface area (Å²) in [6, 6.07) is 18.6. The van der Waals surface area contributed by atoms with Gasteiger partial charge in [-0.05, 0) is 42.5 Å². The summed E-state index contributed by atoms with van der Waals surface area (Å²) in [5.74, 6) is 1.83. The average Bonchev–Trinajstić information content (AvgIpc) is 3.37. The Kier molecular flexibility index (Phi) is 10.1. The lowest BCUT2D eigenvalue weighted by atomic mass is 10.1. The second-order valence-electron chi connectivity index (χ2n) is 8.05. The lowest BCUT2D eigenvalue weighted by molar-refractivity contribution is -0.0816. The third kappa shape index (κ3) is 7.08. The summed E-state index contributed by atoms with van der Waals surface area (Å²) in [4.78, 5) is 6.77. The molecule has 32 heavy (non-hydrogen) atoms. The predicted octanol–water partition coefficient (Wildman–Crippen LogP) is 3.88. The molecule has 0 aromatic heterocycles. The third-order valence-corrected chi connectivity index (χ3v) is 5.85. The van der Waals surface area contributed by atoms with E-state index in [2.05, 4.69) is 39.5 Å². The van der Waals surface area contributed by atoms with E-state index in [-0.39, 0.29) is 36.2 Å². The van der Waals surface area contributed by atoms with Crippen LogP contribution < -0.4 is 10.1 Å². The van der Waals surface area contributed by atoms with Gasteiger partial charge in [0.2, 0.25) is 0 Å². The van der Waals surface area contributed by atoms with Crippen molar-refractivity contribution in [1.82, 2.24) is 10.2 Å². The first-order valence-electron chi connectivity index (χ1n) is 11.3. The van der Waals surface area contributed by atoms with Gasteiger partial charge in [-0.2, -0.15) is 0 Å². The topological polar surface area (TPSA) is 55.3 Å². The highest BCUT2D eigenvalue weighted by Crippen LogP contribution is 2.21. The van der Waals surface area contributed by atoms with Crippen LogP contribution in [-0.2, 0) is 22.5 Å². The number of benzene rings is 2.